The number of nitrogens with zero attached hydrogens (tertiary/aromatic N) is 3. The van der Waals surface area contributed by atoms with Crippen molar-refractivity contribution in [3.63, 3.8) is 0 Å². The van der Waals surface area contributed by atoms with Crippen molar-refractivity contribution in [3.8, 4) is 0 Å². The van der Waals surface area contributed by atoms with E-state index >= 15 is 0 Å². The zero-order chi connectivity index (χ0) is 18.4. The van der Waals surface area contributed by atoms with E-state index in [2.05, 4.69) is 60.1 Å². The number of imidazole rings is 1. The first-order valence-corrected chi connectivity index (χ1v) is 10.6. The number of H-pyrrole nitrogens is 1. The number of aryl methyl sites for hydroxylation is 2. The van der Waals surface area contributed by atoms with Crippen LogP contribution in [0.4, 0.5) is 5.13 Å². The molecule has 5 heteroatoms. The van der Waals surface area contributed by atoms with Crippen LogP contribution in [0.3, 0.4) is 0 Å². The maximum Gasteiger partial charge on any atom is 0.186 e. The quantitative estimate of drug-likeness (QED) is 0.519. The molecular weight excluding hydrogens is 352 g/mol. The SMILES string of the molecule is CCc1ccc2nc(N3CCC(c4nc5ccc(C)cc5[nH]4)CC3)sc2c1. The molecule has 0 unspecified atom stereocenters. The smallest absolute Gasteiger partial charge is 0.186 e. The van der Waals surface area contributed by atoms with Crippen LogP contribution >= 0.6 is 11.3 Å². The fourth-order valence-electron chi connectivity index (χ4n) is 3.99. The minimum Gasteiger partial charge on any atom is -0.348 e. The summed E-state index contributed by atoms with van der Waals surface area (Å²) in [4.78, 5) is 15.7. The summed E-state index contributed by atoms with van der Waals surface area (Å²) in [5, 5.41) is 1.16. The van der Waals surface area contributed by atoms with E-state index in [1.54, 1.807) is 0 Å². The summed E-state index contributed by atoms with van der Waals surface area (Å²) >= 11 is 1.83. The lowest BCUT2D eigenvalue weighted by Gasteiger charge is -2.30. The monoisotopic (exact) mass is 376 g/mol. The molecule has 0 aliphatic carbocycles. The average molecular weight is 377 g/mol. The van der Waals surface area contributed by atoms with Gasteiger partial charge in [0.25, 0.3) is 0 Å². The van der Waals surface area contributed by atoms with Gasteiger partial charge in [-0.25, -0.2) is 9.97 Å². The predicted molar refractivity (Wildman–Crippen MR) is 114 cm³/mol. The lowest BCUT2D eigenvalue weighted by atomic mass is 9.96. The Labute approximate surface area is 163 Å². The lowest BCUT2D eigenvalue weighted by molar-refractivity contribution is 0.489. The van der Waals surface area contributed by atoms with E-state index in [4.69, 9.17) is 9.97 Å². The summed E-state index contributed by atoms with van der Waals surface area (Å²) in [6.45, 7) is 6.41. The Morgan fingerprint density at radius 2 is 1.89 bits per heavy atom. The summed E-state index contributed by atoms with van der Waals surface area (Å²) in [5.74, 6) is 1.65. The fourth-order valence-corrected chi connectivity index (χ4v) is 5.07. The van der Waals surface area contributed by atoms with E-state index in [9.17, 15) is 0 Å². The van der Waals surface area contributed by atoms with Gasteiger partial charge >= 0.3 is 0 Å². The Morgan fingerprint density at radius 3 is 2.70 bits per heavy atom. The third-order valence-electron chi connectivity index (χ3n) is 5.66. The summed E-state index contributed by atoms with van der Waals surface area (Å²) in [6, 6.07) is 13.1. The molecule has 27 heavy (non-hydrogen) atoms. The number of piperidine rings is 1. The number of aromatic nitrogens is 3. The lowest BCUT2D eigenvalue weighted by Crippen LogP contribution is -2.33. The molecule has 0 atom stereocenters. The van der Waals surface area contributed by atoms with Gasteiger partial charge in [0.2, 0.25) is 0 Å². The topological polar surface area (TPSA) is 44.8 Å². The minimum absolute atomic E-state index is 0.509. The zero-order valence-corrected chi connectivity index (χ0v) is 16.6. The van der Waals surface area contributed by atoms with Crippen molar-refractivity contribution in [2.45, 2.75) is 39.0 Å². The number of hydrogen-bond donors (Lipinski definition) is 1. The maximum absolute atomic E-state index is 4.88. The second-order valence-electron chi connectivity index (χ2n) is 7.56. The molecule has 0 spiro atoms. The molecule has 0 bridgehead atoms. The Morgan fingerprint density at radius 1 is 1.07 bits per heavy atom. The van der Waals surface area contributed by atoms with Crippen LogP contribution in [0.5, 0.6) is 0 Å². The van der Waals surface area contributed by atoms with Gasteiger partial charge in [0.05, 0.1) is 21.3 Å². The van der Waals surface area contributed by atoms with Crippen LogP contribution in [0.2, 0.25) is 0 Å². The van der Waals surface area contributed by atoms with Gasteiger partial charge in [0.15, 0.2) is 5.13 Å². The van der Waals surface area contributed by atoms with Gasteiger partial charge in [-0.3, -0.25) is 0 Å². The molecule has 5 rings (SSSR count). The minimum atomic E-state index is 0.509. The van der Waals surface area contributed by atoms with Crippen LogP contribution in [0.25, 0.3) is 21.3 Å². The number of aromatic amines is 1. The van der Waals surface area contributed by atoms with Gasteiger partial charge in [-0.05, 0) is 61.6 Å². The first-order valence-electron chi connectivity index (χ1n) is 9.80. The zero-order valence-electron chi connectivity index (χ0n) is 15.8. The van der Waals surface area contributed by atoms with Gasteiger partial charge in [0, 0.05) is 19.0 Å². The highest BCUT2D eigenvalue weighted by Crippen LogP contribution is 2.34. The van der Waals surface area contributed by atoms with Gasteiger partial charge in [-0.2, -0.15) is 0 Å². The maximum atomic E-state index is 4.88. The molecule has 1 aliphatic heterocycles. The number of hydrogen-bond acceptors (Lipinski definition) is 4. The van der Waals surface area contributed by atoms with E-state index in [0.29, 0.717) is 5.92 Å². The van der Waals surface area contributed by atoms with Crippen LogP contribution in [0, 0.1) is 6.92 Å². The van der Waals surface area contributed by atoms with Gasteiger partial charge in [-0.15, -0.1) is 0 Å². The number of benzene rings is 2. The van der Waals surface area contributed by atoms with Crippen molar-refractivity contribution < 1.29 is 0 Å². The van der Waals surface area contributed by atoms with E-state index in [-0.39, 0.29) is 0 Å². The number of rotatable bonds is 3. The standard InChI is InChI=1S/C22H24N4S/c1-3-15-5-7-18-20(13-15)27-22(25-18)26-10-8-16(9-11-26)21-23-17-6-4-14(2)12-19(17)24-21/h4-7,12-13,16H,3,8-11H2,1-2H3,(H,23,24). The second-order valence-corrected chi connectivity index (χ2v) is 8.57. The summed E-state index contributed by atoms with van der Waals surface area (Å²) in [5.41, 5.74) is 6.02. The summed E-state index contributed by atoms with van der Waals surface area (Å²) in [7, 11) is 0. The molecule has 0 saturated carbocycles. The summed E-state index contributed by atoms with van der Waals surface area (Å²) < 4.78 is 1.30. The number of nitrogens with one attached hydrogen (secondary N) is 1. The second kappa shape index (κ2) is 6.64. The summed E-state index contributed by atoms with van der Waals surface area (Å²) in [6.07, 6.45) is 3.31. The van der Waals surface area contributed by atoms with Crippen LogP contribution in [0.15, 0.2) is 36.4 Å². The Bertz CT molecular complexity index is 1100. The highest BCUT2D eigenvalue weighted by molar-refractivity contribution is 7.22. The van der Waals surface area contributed by atoms with Crippen molar-refractivity contribution in [3.05, 3.63) is 53.3 Å². The number of anilines is 1. The van der Waals surface area contributed by atoms with Crippen molar-refractivity contribution >= 4 is 37.7 Å². The number of fused-ring (bicyclic) bond motifs is 2. The van der Waals surface area contributed by atoms with Crippen molar-refractivity contribution in [2.24, 2.45) is 0 Å². The molecule has 138 valence electrons. The van der Waals surface area contributed by atoms with Gasteiger partial charge < -0.3 is 9.88 Å². The van der Waals surface area contributed by atoms with Crippen LogP contribution in [0.1, 0.15) is 42.6 Å². The average Bonchev–Trinajstić information content (AvgIpc) is 3.31. The van der Waals surface area contributed by atoms with Crippen LogP contribution in [-0.4, -0.2) is 28.0 Å². The molecule has 2 aromatic carbocycles. The molecule has 1 N–H and O–H groups in total. The van der Waals surface area contributed by atoms with E-state index < -0.39 is 0 Å². The van der Waals surface area contributed by atoms with Crippen molar-refractivity contribution in [1.82, 2.24) is 15.0 Å². The van der Waals surface area contributed by atoms with E-state index in [0.717, 1.165) is 59.9 Å². The molecule has 0 radical (unpaired) electrons. The Balaban J connectivity index is 1.33. The van der Waals surface area contributed by atoms with Crippen LogP contribution in [-0.2, 0) is 6.42 Å². The largest absolute Gasteiger partial charge is 0.348 e. The molecule has 4 nitrogen and oxygen atoms in total. The fraction of sp³-hybridized carbons (Fsp3) is 0.364. The predicted octanol–water partition coefficient (Wildman–Crippen LogP) is 5.43. The molecule has 1 saturated heterocycles. The Hall–Kier alpha value is -2.40. The molecule has 3 heterocycles. The molecule has 4 aromatic rings. The Kier molecular flexibility index (Phi) is 4.12. The highest BCUT2D eigenvalue weighted by atomic mass is 32.1. The molecule has 1 fully saturated rings. The molecule has 1 aliphatic rings. The number of thiazole rings is 1. The highest BCUT2D eigenvalue weighted by Gasteiger charge is 2.25. The van der Waals surface area contributed by atoms with Gasteiger partial charge in [0.1, 0.15) is 5.82 Å². The molecular formula is C22H24N4S. The van der Waals surface area contributed by atoms with Crippen molar-refractivity contribution in [1.29, 1.82) is 0 Å². The normalized spacial score (nSPS) is 15.9. The first kappa shape index (κ1) is 16.8. The van der Waals surface area contributed by atoms with Crippen LogP contribution < -0.4 is 4.90 Å². The van der Waals surface area contributed by atoms with Gasteiger partial charge in [-0.1, -0.05) is 30.4 Å². The third kappa shape index (κ3) is 3.10. The first-order chi connectivity index (χ1) is 13.2. The third-order valence-corrected chi connectivity index (χ3v) is 6.74. The van der Waals surface area contributed by atoms with Crippen molar-refractivity contribution in [2.75, 3.05) is 18.0 Å². The van der Waals surface area contributed by atoms with E-state index in [1.807, 2.05) is 11.3 Å². The molecule has 2 aromatic heterocycles. The molecule has 0 amide bonds. The van der Waals surface area contributed by atoms with E-state index in [1.165, 1.54) is 15.8 Å².